The summed E-state index contributed by atoms with van der Waals surface area (Å²) in [5, 5.41) is 15.6. The summed E-state index contributed by atoms with van der Waals surface area (Å²) in [6.45, 7) is 2.66. The summed E-state index contributed by atoms with van der Waals surface area (Å²) in [5.41, 5.74) is 3.30. The summed E-state index contributed by atoms with van der Waals surface area (Å²) < 4.78 is 7.33. The number of hydrogen-bond donors (Lipinski definition) is 1. The second kappa shape index (κ2) is 7.87. The first-order chi connectivity index (χ1) is 13.7. The molecule has 28 heavy (non-hydrogen) atoms. The number of fused-ring (bicyclic) bond motifs is 1. The molecule has 0 aliphatic heterocycles. The molecule has 140 valence electrons. The van der Waals surface area contributed by atoms with Gasteiger partial charge in [-0.25, -0.2) is 0 Å². The van der Waals surface area contributed by atoms with Crippen LogP contribution in [0.2, 0.25) is 0 Å². The lowest BCUT2D eigenvalue weighted by Gasteiger charge is -2.08. The molecule has 1 N–H and O–H groups in total. The lowest BCUT2D eigenvalue weighted by molar-refractivity contribution is 0.0946. The van der Waals surface area contributed by atoms with E-state index in [1.165, 1.54) is 0 Å². The second-order valence-corrected chi connectivity index (χ2v) is 6.30. The monoisotopic (exact) mass is 373 g/mol. The van der Waals surface area contributed by atoms with Gasteiger partial charge in [0.05, 0.1) is 6.54 Å². The minimum Gasteiger partial charge on any atom is -0.475 e. The normalized spacial score (nSPS) is 10.8. The molecule has 0 radical (unpaired) electrons. The molecule has 7 heteroatoms. The van der Waals surface area contributed by atoms with Gasteiger partial charge in [-0.3, -0.25) is 4.79 Å². The van der Waals surface area contributed by atoms with E-state index in [2.05, 4.69) is 20.6 Å². The van der Waals surface area contributed by atoms with Crippen LogP contribution in [0.4, 0.5) is 0 Å². The van der Waals surface area contributed by atoms with E-state index in [0.29, 0.717) is 36.1 Å². The van der Waals surface area contributed by atoms with Gasteiger partial charge in [-0.1, -0.05) is 48.0 Å². The third-order valence-electron chi connectivity index (χ3n) is 4.22. The van der Waals surface area contributed by atoms with Gasteiger partial charge in [0.1, 0.15) is 6.61 Å². The third-order valence-corrected chi connectivity index (χ3v) is 4.22. The summed E-state index contributed by atoms with van der Waals surface area (Å²) in [4.78, 5) is 12.1. The lowest BCUT2D eigenvalue weighted by atomic mass is 10.1. The minimum atomic E-state index is -0.128. The number of nitrogens with zero attached hydrogens (tertiary/aromatic N) is 4. The Morgan fingerprint density at radius 2 is 1.79 bits per heavy atom. The first-order valence-electron chi connectivity index (χ1n) is 8.96. The average Bonchev–Trinajstić information content (AvgIpc) is 3.15. The zero-order valence-electron chi connectivity index (χ0n) is 15.4. The molecule has 0 bridgehead atoms. The van der Waals surface area contributed by atoms with E-state index in [9.17, 15) is 4.79 Å². The number of hydrogen-bond acceptors (Lipinski definition) is 5. The maximum absolute atomic E-state index is 12.1. The number of amides is 1. The Morgan fingerprint density at radius 1 is 1.00 bits per heavy atom. The Kier molecular flexibility index (Phi) is 4.97. The number of carbonyl (C=O) groups excluding carboxylic acids is 1. The van der Waals surface area contributed by atoms with Crippen molar-refractivity contribution >= 4 is 11.6 Å². The SMILES string of the molecule is Cc1ccc(C(=O)NCCOc2ccc3nnc(-c4ccccc4)n3n2)cc1. The van der Waals surface area contributed by atoms with E-state index in [0.717, 1.165) is 11.1 Å². The highest BCUT2D eigenvalue weighted by Gasteiger charge is 2.10. The Balaban J connectivity index is 1.38. The number of aromatic nitrogens is 4. The Hall–Kier alpha value is -3.74. The van der Waals surface area contributed by atoms with Gasteiger partial charge in [0.2, 0.25) is 5.88 Å². The summed E-state index contributed by atoms with van der Waals surface area (Å²) in [6.07, 6.45) is 0. The lowest BCUT2D eigenvalue weighted by Crippen LogP contribution is -2.28. The van der Waals surface area contributed by atoms with Crippen molar-refractivity contribution in [1.82, 2.24) is 25.1 Å². The van der Waals surface area contributed by atoms with E-state index >= 15 is 0 Å². The van der Waals surface area contributed by atoms with Crippen LogP contribution in [0.15, 0.2) is 66.7 Å². The van der Waals surface area contributed by atoms with Gasteiger partial charge in [0.15, 0.2) is 11.5 Å². The molecular formula is C21H19N5O2. The quantitative estimate of drug-likeness (QED) is 0.526. The fourth-order valence-corrected chi connectivity index (χ4v) is 2.74. The van der Waals surface area contributed by atoms with E-state index < -0.39 is 0 Å². The van der Waals surface area contributed by atoms with Crippen LogP contribution in [0.3, 0.4) is 0 Å². The maximum atomic E-state index is 12.1. The van der Waals surface area contributed by atoms with Crippen LogP contribution < -0.4 is 10.1 Å². The molecule has 0 aliphatic carbocycles. The van der Waals surface area contributed by atoms with Gasteiger partial charge in [-0.05, 0) is 25.1 Å². The number of carbonyl (C=O) groups is 1. The average molecular weight is 373 g/mol. The first-order valence-corrected chi connectivity index (χ1v) is 8.96. The molecule has 2 aromatic heterocycles. The van der Waals surface area contributed by atoms with Crippen molar-refractivity contribution in [3.8, 4) is 17.3 Å². The van der Waals surface area contributed by atoms with Crippen molar-refractivity contribution in [3.05, 3.63) is 77.9 Å². The van der Waals surface area contributed by atoms with Gasteiger partial charge in [0.25, 0.3) is 5.91 Å². The van der Waals surface area contributed by atoms with Gasteiger partial charge >= 0.3 is 0 Å². The van der Waals surface area contributed by atoms with E-state index in [1.54, 1.807) is 28.8 Å². The zero-order valence-corrected chi connectivity index (χ0v) is 15.4. The van der Waals surface area contributed by atoms with Crippen LogP contribution in [0, 0.1) is 6.92 Å². The fraction of sp³-hybridized carbons (Fsp3) is 0.143. The van der Waals surface area contributed by atoms with Gasteiger partial charge < -0.3 is 10.1 Å². The number of nitrogens with one attached hydrogen (secondary N) is 1. The molecule has 4 aromatic rings. The molecule has 4 rings (SSSR count). The van der Waals surface area contributed by atoms with Gasteiger partial charge in [0, 0.05) is 17.2 Å². The van der Waals surface area contributed by atoms with Gasteiger partial charge in [-0.2, -0.15) is 4.52 Å². The molecule has 2 heterocycles. The molecule has 0 atom stereocenters. The van der Waals surface area contributed by atoms with Crippen LogP contribution >= 0.6 is 0 Å². The Morgan fingerprint density at radius 3 is 2.57 bits per heavy atom. The van der Waals surface area contributed by atoms with Crippen LogP contribution in [-0.2, 0) is 0 Å². The third kappa shape index (κ3) is 3.83. The van der Waals surface area contributed by atoms with E-state index in [1.807, 2.05) is 49.4 Å². The van der Waals surface area contributed by atoms with Crippen molar-refractivity contribution in [1.29, 1.82) is 0 Å². The molecule has 0 saturated heterocycles. The fourth-order valence-electron chi connectivity index (χ4n) is 2.74. The highest BCUT2D eigenvalue weighted by molar-refractivity contribution is 5.94. The maximum Gasteiger partial charge on any atom is 0.251 e. The number of benzene rings is 2. The number of ether oxygens (including phenoxy) is 1. The molecule has 0 spiro atoms. The van der Waals surface area contributed by atoms with Crippen LogP contribution in [0.5, 0.6) is 5.88 Å². The van der Waals surface area contributed by atoms with E-state index in [-0.39, 0.29) is 5.91 Å². The molecule has 1 amide bonds. The second-order valence-electron chi connectivity index (χ2n) is 6.30. The predicted octanol–water partition coefficient (Wildman–Crippen LogP) is 2.91. The van der Waals surface area contributed by atoms with Crippen molar-refractivity contribution in [2.45, 2.75) is 6.92 Å². The van der Waals surface area contributed by atoms with E-state index in [4.69, 9.17) is 4.74 Å². The highest BCUT2D eigenvalue weighted by Crippen LogP contribution is 2.18. The van der Waals surface area contributed by atoms with Crippen molar-refractivity contribution < 1.29 is 9.53 Å². The standard InChI is InChI=1S/C21H19N5O2/c1-15-7-9-17(10-8-15)21(27)22-13-14-28-19-12-11-18-23-24-20(26(18)25-19)16-5-3-2-4-6-16/h2-12H,13-14H2,1H3,(H,22,27). The molecule has 0 fully saturated rings. The summed E-state index contributed by atoms with van der Waals surface area (Å²) in [5.74, 6) is 0.958. The molecule has 7 nitrogen and oxygen atoms in total. The van der Waals surface area contributed by atoms with Crippen molar-refractivity contribution in [2.24, 2.45) is 0 Å². The smallest absolute Gasteiger partial charge is 0.251 e. The van der Waals surface area contributed by atoms with Crippen LogP contribution in [0.1, 0.15) is 15.9 Å². The highest BCUT2D eigenvalue weighted by atomic mass is 16.5. The summed E-state index contributed by atoms with van der Waals surface area (Å²) >= 11 is 0. The van der Waals surface area contributed by atoms with Gasteiger partial charge in [-0.15, -0.1) is 15.3 Å². The largest absolute Gasteiger partial charge is 0.475 e. The summed E-state index contributed by atoms with van der Waals surface area (Å²) in [6, 6.07) is 20.7. The molecule has 2 aromatic carbocycles. The molecule has 0 unspecified atom stereocenters. The Bertz CT molecular complexity index is 1090. The van der Waals surface area contributed by atoms with Crippen LogP contribution in [-0.4, -0.2) is 38.9 Å². The Labute approximate surface area is 162 Å². The summed E-state index contributed by atoms with van der Waals surface area (Å²) in [7, 11) is 0. The van der Waals surface area contributed by atoms with Crippen molar-refractivity contribution in [3.63, 3.8) is 0 Å². The van der Waals surface area contributed by atoms with Crippen LogP contribution in [0.25, 0.3) is 17.0 Å². The number of rotatable bonds is 6. The zero-order chi connectivity index (χ0) is 19.3. The topological polar surface area (TPSA) is 81.4 Å². The van der Waals surface area contributed by atoms with Crippen molar-refractivity contribution in [2.75, 3.05) is 13.2 Å². The first kappa shape index (κ1) is 17.7. The molecule has 0 saturated carbocycles. The molecular weight excluding hydrogens is 354 g/mol. The molecule has 0 aliphatic rings. The number of aryl methyl sites for hydroxylation is 1. The predicted molar refractivity (Wildman–Crippen MR) is 105 cm³/mol. The minimum absolute atomic E-state index is 0.128.